The van der Waals surface area contributed by atoms with Crippen molar-refractivity contribution in [2.75, 3.05) is 11.1 Å². The third-order valence-corrected chi connectivity index (χ3v) is 4.30. The Morgan fingerprint density at radius 1 is 1.00 bits per heavy atom. The van der Waals surface area contributed by atoms with Gasteiger partial charge in [-0.15, -0.1) is 0 Å². The molecule has 2 amide bonds. The summed E-state index contributed by atoms with van der Waals surface area (Å²) in [4.78, 5) is 16.8. The van der Waals surface area contributed by atoms with Crippen LogP contribution in [0, 0.1) is 6.92 Å². The largest absolute Gasteiger partial charge is 0.382 e. The molecule has 0 fully saturated rings. The lowest BCUT2D eigenvalue weighted by Gasteiger charge is -2.09. The number of nitrogen functional groups attached to an aromatic ring is 1. The quantitative estimate of drug-likeness (QED) is 0.283. The van der Waals surface area contributed by atoms with Crippen molar-refractivity contribution in [1.82, 2.24) is 20.5 Å². The maximum Gasteiger partial charge on any atom is 0.323 e. The minimum Gasteiger partial charge on any atom is -0.382 e. The van der Waals surface area contributed by atoms with Gasteiger partial charge in [0.2, 0.25) is 0 Å². The van der Waals surface area contributed by atoms with Gasteiger partial charge in [0.05, 0.1) is 16.6 Å². The van der Waals surface area contributed by atoms with Crippen LogP contribution in [0.1, 0.15) is 66.6 Å². The van der Waals surface area contributed by atoms with Crippen molar-refractivity contribution < 1.29 is 4.79 Å². The first-order valence-electron chi connectivity index (χ1n) is 12.2. The molecule has 3 aromatic rings. The summed E-state index contributed by atoms with van der Waals surface area (Å²) in [6.45, 7) is 17.8. The molecule has 7 nitrogen and oxygen atoms in total. The maximum atomic E-state index is 12.3. The number of carbonyl (C=O) groups is 1. The number of aromatic amines is 1. The van der Waals surface area contributed by atoms with Crippen molar-refractivity contribution in [3.05, 3.63) is 77.8 Å². The molecule has 0 aliphatic rings. The Balaban J connectivity index is 0.00000179. The van der Waals surface area contributed by atoms with E-state index in [1.807, 2.05) is 117 Å². The van der Waals surface area contributed by atoms with Crippen molar-refractivity contribution in [3.63, 3.8) is 0 Å². The van der Waals surface area contributed by atoms with Gasteiger partial charge >= 0.3 is 6.03 Å². The fourth-order valence-corrected chi connectivity index (χ4v) is 2.83. The number of rotatable bonds is 5. The molecular formula is C28H42N6O. The first kappa shape index (κ1) is 31.1. The fraction of sp³-hybridized carbons (Fsp3) is 0.321. The topological polar surface area (TPSA) is 109 Å². The first-order chi connectivity index (χ1) is 17.0. The van der Waals surface area contributed by atoms with Crippen LogP contribution in [0.2, 0.25) is 0 Å². The van der Waals surface area contributed by atoms with Crippen LogP contribution in [0.3, 0.4) is 0 Å². The number of nitrogens with two attached hydrogens (primary N) is 1. The number of aromatic nitrogens is 3. The molecule has 3 rings (SSSR count). The van der Waals surface area contributed by atoms with E-state index in [2.05, 4.69) is 25.8 Å². The van der Waals surface area contributed by atoms with Gasteiger partial charge in [-0.2, -0.15) is 5.10 Å². The Labute approximate surface area is 210 Å². The van der Waals surface area contributed by atoms with Crippen LogP contribution in [0.25, 0.3) is 16.5 Å². The number of aryl methyl sites for hydroxylation is 1. The SMILES string of the molecule is CC.CC.CC.C\C=C/C(=C\C=C(/C)c1nccc2[nH]nc(N)c12)NC(=O)Nc1ccc(C)cc1. The van der Waals surface area contributed by atoms with Crippen LogP contribution in [0.15, 0.2) is 66.5 Å². The van der Waals surface area contributed by atoms with E-state index in [0.29, 0.717) is 11.5 Å². The fourth-order valence-electron chi connectivity index (χ4n) is 2.83. The Morgan fingerprint density at radius 3 is 2.23 bits per heavy atom. The summed E-state index contributed by atoms with van der Waals surface area (Å²) < 4.78 is 0. The second-order valence-electron chi connectivity index (χ2n) is 6.61. The number of H-pyrrole nitrogens is 1. The molecule has 2 heterocycles. The van der Waals surface area contributed by atoms with Crippen molar-refractivity contribution >= 4 is 34.0 Å². The summed E-state index contributed by atoms with van der Waals surface area (Å²) in [7, 11) is 0. The molecule has 1 aromatic carbocycles. The van der Waals surface area contributed by atoms with Gasteiger partial charge < -0.3 is 16.4 Å². The zero-order valence-electron chi connectivity index (χ0n) is 22.7. The van der Waals surface area contributed by atoms with Crippen molar-refractivity contribution in [2.24, 2.45) is 0 Å². The zero-order valence-corrected chi connectivity index (χ0v) is 22.7. The van der Waals surface area contributed by atoms with Crippen LogP contribution in [0.4, 0.5) is 16.3 Å². The van der Waals surface area contributed by atoms with Crippen molar-refractivity contribution in [3.8, 4) is 0 Å². The van der Waals surface area contributed by atoms with Crippen LogP contribution in [0.5, 0.6) is 0 Å². The average Bonchev–Trinajstić information content (AvgIpc) is 3.28. The number of carbonyl (C=O) groups excluding carboxylic acids is 1. The summed E-state index contributed by atoms with van der Waals surface area (Å²) in [5.74, 6) is 0.407. The van der Waals surface area contributed by atoms with E-state index in [0.717, 1.165) is 33.4 Å². The molecule has 35 heavy (non-hydrogen) atoms. The number of fused-ring (bicyclic) bond motifs is 1. The molecule has 0 bridgehead atoms. The molecule has 0 aliphatic carbocycles. The van der Waals surface area contributed by atoms with Gasteiger partial charge in [-0.1, -0.05) is 71.4 Å². The third-order valence-electron chi connectivity index (χ3n) is 4.30. The number of hydrogen-bond donors (Lipinski definition) is 4. The first-order valence-corrected chi connectivity index (χ1v) is 12.2. The molecule has 0 atom stereocenters. The smallest absolute Gasteiger partial charge is 0.323 e. The van der Waals surface area contributed by atoms with Crippen LogP contribution in [-0.2, 0) is 0 Å². The number of hydrogen-bond acceptors (Lipinski definition) is 4. The van der Waals surface area contributed by atoms with Gasteiger partial charge in [-0.25, -0.2) is 4.79 Å². The van der Waals surface area contributed by atoms with Crippen LogP contribution < -0.4 is 16.4 Å². The molecule has 2 aromatic heterocycles. The number of urea groups is 1. The minimum absolute atomic E-state index is 0.316. The Bertz CT molecular complexity index is 1110. The van der Waals surface area contributed by atoms with E-state index in [9.17, 15) is 4.79 Å². The molecule has 0 saturated heterocycles. The van der Waals surface area contributed by atoms with Crippen LogP contribution in [-0.4, -0.2) is 21.2 Å². The number of pyridine rings is 1. The summed E-state index contributed by atoms with van der Waals surface area (Å²) in [5.41, 5.74) is 10.9. The number of nitrogens with zero attached hydrogens (tertiary/aromatic N) is 2. The number of anilines is 2. The highest BCUT2D eigenvalue weighted by molar-refractivity contribution is 5.97. The highest BCUT2D eigenvalue weighted by Crippen LogP contribution is 2.25. The van der Waals surface area contributed by atoms with Gasteiger partial charge in [-0.3, -0.25) is 10.1 Å². The highest BCUT2D eigenvalue weighted by Gasteiger charge is 2.10. The van der Waals surface area contributed by atoms with E-state index in [4.69, 9.17) is 5.73 Å². The molecule has 0 spiro atoms. The van der Waals surface area contributed by atoms with Gasteiger partial charge in [0, 0.05) is 17.6 Å². The Hall–Kier alpha value is -3.87. The Kier molecular flexibility index (Phi) is 15.6. The molecule has 190 valence electrons. The minimum atomic E-state index is -0.316. The van der Waals surface area contributed by atoms with Gasteiger partial charge in [0.1, 0.15) is 0 Å². The van der Waals surface area contributed by atoms with Crippen molar-refractivity contribution in [1.29, 1.82) is 0 Å². The molecule has 0 saturated carbocycles. The van der Waals surface area contributed by atoms with Crippen molar-refractivity contribution in [2.45, 2.75) is 62.3 Å². The lowest BCUT2D eigenvalue weighted by Crippen LogP contribution is -2.27. The van der Waals surface area contributed by atoms with Gasteiger partial charge in [-0.05, 0) is 56.7 Å². The van der Waals surface area contributed by atoms with Gasteiger partial charge in [0.25, 0.3) is 0 Å². The molecule has 0 unspecified atom stereocenters. The van der Waals surface area contributed by atoms with E-state index >= 15 is 0 Å². The lowest BCUT2D eigenvalue weighted by molar-refractivity contribution is 0.254. The number of allylic oxidation sites excluding steroid dienone is 5. The predicted molar refractivity (Wildman–Crippen MR) is 152 cm³/mol. The molecular weight excluding hydrogens is 436 g/mol. The molecule has 5 N–H and O–H groups in total. The molecule has 0 radical (unpaired) electrons. The third kappa shape index (κ3) is 9.88. The number of benzene rings is 1. The van der Waals surface area contributed by atoms with Gasteiger partial charge in [0.15, 0.2) is 5.82 Å². The van der Waals surface area contributed by atoms with Crippen LogP contribution >= 0.6 is 0 Å². The summed E-state index contributed by atoms with van der Waals surface area (Å²) >= 11 is 0. The van der Waals surface area contributed by atoms with E-state index in [1.165, 1.54) is 0 Å². The van der Waals surface area contributed by atoms with E-state index in [1.54, 1.807) is 6.20 Å². The monoisotopic (exact) mass is 478 g/mol. The lowest BCUT2D eigenvalue weighted by atomic mass is 10.1. The molecule has 0 aliphatic heterocycles. The maximum absolute atomic E-state index is 12.3. The summed E-state index contributed by atoms with van der Waals surface area (Å²) in [6, 6.07) is 9.12. The zero-order chi connectivity index (χ0) is 26.8. The second-order valence-corrected chi connectivity index (χ2v) is 6.61. The normalized spacial score (nSPS) is 10.9. The van der Waals surface area contributed by atoms with E-state index in [-0.39, 0.29) is 6.03 Å². The predicted octanol–water partition coefficient (Wildman–Crippen LogP) is 7.61. The molecule has 7 heteroatoms. The number of amides is 2. The standard InChI is InChI=1S/C22H24N6O.3C2H6/c1-4-5-16(25-22(29)26-17-9-6-14(2)7-10-17)11-8-15(3)20-19-18(12-13-24-20)27-28-21(19)23;3*1-2/h4-13H,1-3H3,(H3,23,27,28)(H2,25,26,29);3*1-2H3/b5-4-,15-8+,16-11+;;;. The highest BCUT2D eigenvalue weighted by atomic mass is 16.2. The number of nitrogens with one attached hydrogen (secondary N) is 3. The summed E-state index contributed by atoms with van der Waals surface area (Å²) in [5, 5.41) is 13.4. The van der Waals surface area contributed by atoms with E-state index < -0.39 is 0 Å². The second kappa shape index (κ2) is 17.6. The Morgan fingerprint density at radius 2 is 1.63 bits per heavy atom. The average molecular weight is 479 g/mol. The summed E-state index contributed by atoms with van der Waals surface area (Å²) in [6.07, 6.45) is 9.08.